The maximum atomic E-state index is 5.76. The Hall–Kier alpha value is -2.25. The number of methoxy groups -OCH3 is 3. The molecule has 0 bridgehead atoms. The van der Waals surface area contributed by atoms with E-state index in [0.29, 0.717) is 17.2 Å². The van der Waals surface area contributed by atoms with E-state index in [1.165, 1.54) is 0 Å². The van der Waals surface area contributed by atoms with Gasteiger partial charge in [-0.1, -0.05) is 0 Å². The van der Waals surface area contributed by atoms with E-state index in [-0.39, 0.29) is 6.04 Å². The maximum Gasteiger partial charge on any atom is 0.161 e. The summed E-state index contributed by atoms with van der Waals surface area (Å²) in [4.78, 5) is 0. The van der Waals surface area contributed by atoms with Crippen LogP contribution in [0.3, 0.4) is 0 Å². The summed E-state index contributed by atoms with van der Waals surface area (Å²) in [6.45, 7) is 0. The Morgan fingerprint density at radius 2 is 1.86 bits per heavy atom. The van der Waals surface area contributed by atoms with E-state index in [1.807, 2.05) is 25.2 Å². The summed E-state index contributed by atoms with van der Waals surface area (Å²) >= 11 is 0. The number of nitrogens with zero attached hydrogens (tertiary/aromatic N) is 2. The van der Waals surface area contributed by atoms with Crippen molar-refractivity contribution in [3.63, 3.8) is 0 Å². The Morgan fingerprint density at radius 3 is 2.43 bits per heavy atom. The van der Waals surface area contributed by atoms with Gasteiger partial charge in [0.2, 0.25) is 0 Å². The summed E-state index contributed by atoms with van der Waals surface area (Å²) in [5.74, 6) is 7.82. The minimum absolute atomic E-state index is 0.350. The van der Waals surface area contributed by atoms with E-state index in [9.17, 15) is 0 Å². The van der Waals surface area contributed by atoms with Crippen molar-refractivity contribution in [1.29, 1.82) is 0 Å². The van der Waals surface area contributed by atoms with Crippen molar-refractivity contribution in [1.82, 2.24) is 15.2 Å². The van der Waals surface area contributed by atoms with Gasteiger partial charge in [0.05, 0.1) is 33.6 Å². The Bertz CT molecular complexity index is 612. The molecule has 0 aliphatic rings. The second kappa shape index (κ2) is 6.47. The van der Waals surface area contributed by atoms with Crippen molar-refractivity contribution in [3.05, 3.63) is 35.7 Å². The molecule has 0 fully saturated rings. The quantitative estimate of drug-likeness (QED) is 0.610. The zero-order valence-electron chi connectivity index (χ0n) is 12.6. The van der Waals surface area contributed by atoms with E-state index in [0.717, 1.165) is 11.3 Å². The smallest absolute Gasteiger partial charge is 0.161 e. The fourth-order valence-corrected chi connectivity index (χ4v) is 2.29. The van der Waals surface area contributed by atoms with Crippen LogP contribution < -0.4 is 25.5 Å². The Kier molecular flexibility index (Phi) is 4.66. The number of aromatic nitrogens is 2. The average molecular weight is 292 g/mol. The topological polar surface area (TPSA) is 83.6 Å². The molecule has 2 rings (SSSR count). The lowest BCUT2D eigenvalue weighted by molar-refractivity contribution is 0.385. The zero-order valence-corrected chi connectivity index (χ0v) is 12.6. The van der Waals surface area contributed by atoms with Crippen molar-refractivity contribution in [2.45, 2.75) is 6.04 Å². The third kappa shape index (κ3) is 2.79. The molecular formula is C14H20N4O3. The van der Waals surface area contributed by atoms with Gasteiger partial charge in [0, 0.05) is 12.6 Å². The van der Waals surface area contributed by atoms with Gasteiger partial charge in [0.1, 0.15) is 17.2 Å². The molecule has 1 heterocycles. The van der Waals surface area contributed by atoms with Crippen molar-refractivity contribution >= 4 is 0 Å². The van der Waals surface area contributed by atoms with Gasteiger partial charge in [-0.3, -0.25) is 10.5 Å². The first kappa shape index (κ1) is 15.1. The number of hydrazine groups is 1. The van der Waals surface area contributed by atoms with Crippen molar-refractivity contribution in [3.8, 4) is 17.2 Å². The molecule has 0 saturated carbocycles. The second-order valence-electron chi connectivity index (χ2n) is 4.43. The average Bonchev–Trinajstić information content (AvgIpc) is 2.89. The maximum absolute atomic E-state index is 5.76. The summed E-state index contributed by atoms with van der Waals surface area (Å²) in [5, 5.41) is 4.20. The summed E-state index contributed by atoms with van der Waals surface area (Å²) in [6, 6.07) is 5.19. The molecular weight excluding hydrogens is 272 g/mol. The zero-order chi connectivity index (χ0) is 15.4. The van der Waals surface area contributed by atoms with E-state index in [2.05, 4.69) is 10.5 Å². The predicted molar refractivity (Wildman–Crippen MR) is 78.5 cm³/mol. The largest absolute Gasteiger partial charge is 0.497 e. The second-order valence-corrected chi connectivity index (χ2v) is 4.43. The van der Waals surface area contributed by atoms with Crippen LogP contribution in [0.15, 0.2) is 24.4 Å². The third-order valence-electron chi connectivity index (χ3n) is 3.36. The summed E-state index contributed by atoms with van der Waals surface area (Å²) in [6.07, 6.45) is 1.65. The molecule has 1 aromatic heterocycles. The highest BCUT2D eigenvalue weighted by molar-refractivity contribution is 5.47. The highest BCUT2D eigenvalue weighted by atomic mass is 16.5. The third-order valence-corrected chi connectivity index (χ3v) is 3.36. The molecule has 2 aromatic rings. The number of aryl methyl sites for hydroxylation is 1. The van der Waals surface area contributed by atoms with Gasteiger partial charge in [0.25, 0.3) is 0 Å². The lowest BCUT2D eigenvalue weighted by Crippen LogP contribution is -2.31. The van der Waals surface area contributed by atoms with Gasteiger partial charge in [-0.25, -0.2) is 5.43 Å². The van der Waals surface area contributed by atoms with Gasteiger partial charge in [0.15, 0.2) is 5.75 Å². The Balaban J connectivity index is 2.57. The molecule has 1 unspecified atom stereocenters. The van der Waals surface area contributed by atoms with Crippen molar-refractivity contribution in [2.75, 3.05) is 21.3 Å². The molecule has 0 aliphatic heterocycles. The lowest BCUT2D eigenvalue weighted by atomic mass is 10.0. The number of hydrogen-bond donors (Lipinski definition) is 2. The van der Waals surface area contributed by atoms with Gasteiger partial charge in [-0.2, -0.15) is 5.10 Å². The van der Waals surface area contributed by atoms with E-state index >= 15 is 0 Å². The minimum Gasteiger partial charge on any atom is -0.497 e. The first-order valence-electron chi connectivity index (χ1n) is 6.40. The van der Waals surface area contributed by atoms with Crippen LogP contribution in [0.1, 0.15) is 17.3 Å². The molecule has 0 saturated heterocycles. The number of nitrogens with two attached hydrogens (primary N) is 1. The van der Waals surface area contributed by atoms with Crippen LogP contribution in [-0.2, 0) is 7.05 Å². The fraction of sp³-hybridized carbons (Fsp3) is 0.357. The normalized spacial score (nSPS) is 12.0. The Morgan fingerprint density at radius 1 is 1.14 bits per heavy atom. The van der Waals surface area contributed by atoms with E-state index in [1.54, 1.807) is 32.2 Å². The van der Waals surface area contributed by atoms with Crippen molar-refractivity contribution in [2.24, 2.45) is 12.9 Å². The molecule has 0 aliphatic carbocycles. The molecule has 0 amide bonds. The van der Waals surface area contributed by atoms with Crippen molar-refractivity contribution < 1.29 is 14.2 Å². The molecule has 21 heavy (non-hydrogen) atoms. The highest BCUT2D eigenvalue weighted by Crippen LogP contribution is 2.35. The monoisotopic (exact) mass is 292 g/mol. The minimum atomic E-state index is -0.350. The standard InChI is InChI=1S/C14H20N4O3/c1-18-14(12(21-4)8-16-18)13(17-15)10-7-9(19-2)5-6-11(10)20-3/h5-8,13,17H,15H2,1-4H3. The SMILES string of the molecule is COc1ccc(OC)c(C(NN)c2c(OC)cnn2C)c1. The van der Waals surface area contributed by atoms with Crippen LogP contribution in [0.5, 0.6) is 17.2 Å². The predicted octanol–water partition coefficient (Wildman–Crippen LogP) is 0.999. The first-order valence-corrected chi connectivity index (χ1v) is 6.40. The lowest BCUT2D eigenvalue weighted by Gasteiger charge is -2.21. The molecule has 114 valence electrons. The number of hydrogen-bond acceptors (Lipinski definition) is 6. The molecule has 1 aromatic carbocycles. The van der Waals surface area contributed by atoms with E-state index < -0.39 is 0 Å². The highest BCUT2D eigenvalue weighted by Gasteiger charge is 2.24. The fourth-order valence-electron chi connectivity index (χ4n) is 2.29. The number of ether oxygens (including phenoxy) is 3. The molecule has 1 atom stereocenters. The molecule has 0 radical (unpaired) electrons. The summed E-state index contributed by atoms with van der Waals surface area (Å²) in [5.41, 5.74) is 4.42. The van der Waals surface area contributed by atoms with Crippen LogP contribution in [-0.4, -0.2) is 31.1 Å². The van der Waals surface area contributed by atoms with E-state index in [4.69, 9.17) is 20.1 Å². The van der Waals surface area contributed by atoms with Gasteiger partial charge < -0.3 is 14.2 Å². The molecule has 7 nitrogen and oxygen atoms in total. The van der Waals surface area contributed by atoms with Gasteiger partial charge in [-0.05, 0) is 18.2 Å². The first-order chi connectivity index (χ1) is 10.2. The molecule has 7 heteroatoms. The van der Waals surface area contributed by atoms with Crippen LogP contribution in [0.2, 0.25) is 0 Å². The van der Waals surface area contributed by atoms with Gasteiger partial charge in [-0.15, -0.1) is 0 Å². The van der Waals surface area contributed by atoms with Gasteiger partial charge >= 0.3 is 0 Å². The molecule has 0 spiro atoms. The number of nitrogens with one attached hydrogen (secondary N) is 1. The summed E-state index contributed by atoms with van der Waals surface area (Å²) < 4.78 is 17.8. The van der Waals surface area contributed by atoms with Crippen LogP contribution in [0.25, 0.3) is 0 Å². The van der Waals surface area contributed by atoms with Crippen LogP contribution >= 0.6 is 0 Å². The van der Waals surface area contributed by atoms with Crippen LogP contribution in [0.4, 0.5) is 0 Å². The van der Waals surface area contributed by atoms with Crippen LogP contribution in [0, 0.1) is 0 Å². The molecule has 3 N–H and O–H groups in total. The number of benzene rings is 1. The summed E-state index contributed by atoms with van der Waals surface area (Å²) in [7, 11) is 6.65. The number of rotatable bonds is 6. The Labute approximate surface area is 123 Å².